The first-order valence-electron chi connectivity index (χ1n) is 10.7. The fraction of sp³-hybridized carbons (Fsp3) is 0.391. The second kappa shape index (κ2) is 7.59. The molecule has 166 valence electrons. The van der Waals surface area contributed by atoms with Gasteiger partial charge in [0.05, 0.1) is 28.1 Å². The number of morpholine rings is 1. The predicted molar refractivity (Wildman–Crippen MR) is 118 cm³/mol. The standard InChI is InChI=1S/C23H25N5O4/c1-15-20-18(27-10-8-23(9-11-27)14-26(2)19(29)13-32-23)12-17(22(30)31)24-21(20)28(25-15)16-6-4-3-5-7-16/h3-7,12H,8-11,13-14H2,1-2H3,(H,30,31). The third kappa shape index (κ3) is 3.38. The number of aromatic nitrogens is 3. The second-order valence-electron chi connectivity index (χ2n) is 8.57. The smallest absolute Gasteiger partial charge is 0.354 e. The number of aryl methyl sites for hydroxylation is 1. The molecule has 0 bridgehead atoms. The Kier molecular flexibility index (Phi) is 4.85. The Balaban J connectivity index is 1.54. The third-order valence-electron chi connectivity index (χ3n) is 6.48. The van der Waals surface area contributed by atoms with Gasteiger partial charge in [0, 0.05) is 26.7 Å². The Morgan fingerprint density at radius 3 is 2.56 bits per heavy atom. The Morgan fingerprint density at radius 1 is 1.19 bits per heavy atom. The van der Waals surface area contributed by atoms with Crippen molar-refractivity contribution in [3.05, 3.63) is 47.8 Å². The summed E-state index contributed by atoms with van der Waals surface area (Å²) in [7, 11) is 1.81. The largest absolute Gasteiger partial charge is 0.477 e. The zero-order valence-electron chi connectivity index (χ0n) is 18.1. The van der Waals surface area contributed by atoms with E-state index in [-0.39, 0.29) is 23.8 Å². The van der Waals surface area contributed by atoms with E-state index in [1.807, 2.05) is 44.3 Å². The van der Waals surface area contributed by atoms with E-state index in [1.54, 1.807) is 15.6 Å². The van der Waals surface area contributed by atoms with Crippen LogP contribution in [-0.4, -0.2) is 75.5 Å². The fourth-order valence-corrected chi connectivity index (χ4v) is 4.72. The molecule has 0 atom stereocenters. The van der Waals surface area contributed by atoms with Gasteiger partial charge in [-0.1, -0.05) is 18.2 Å². The van der Waals surface area contributed by atoms with Gasteiger partial charge in [-0.2, -0.15) is 5.10 Å². The zero-order chi connectivity index (χ0) is 22.5. The van der Waals surface area contributed by atoms with Crippen LogP contribution in [0.5, 0.6) is 0 Å². The number of fused-ring (bicyclic) bond motifs is 1. The lowest BCUT2D eigenvalue weighted by molar-refractivity contribution is -0.164. The molecule has 2 aromatic heterocycles. The van der Waals surface area contributed by atoms with Crippen LogP contribution in [0.3, 0.4) is 0 Å². The van der Waals surface area contributed by atoms with Crippen LogP contribution >= 0.6 is 0 Å². The molecule has 32 heavy (non-hydrogen) atoms. The molecule has 2 saturated heterocycles. The minimum atomic E-state index is -1.07. The van der Waals surface area contributed by atoms with E-state index in [0.29, 0.717) is 25.3 Å². The maximum absolute atomic E-state index is 11.9. The minimum absolute atomic E-state index is 0.00366. The number of rotatable bonds is 3. The van der Waals surface area contributed by atoms with Gasteiger partial charge in [-0.25, -0.2) is 14.5 Å². The molecule has 0 saturated carbocycles. The predicted octanol–water partition coefficient (Wildman–Crippen LogP) is 2.25. The first-order valence-corrected chi connectivity index (χ1v) is 10.7. The molecular weight excluding hydrogens is 410 g/mol. The number of anilines is 1. The quantitative estimate of drug-likeness (QED) is 0.673. The normalized spacial score (nSPS) is 18.5. The molecule has 2 fully saturated rings. The Morgan fingerprint density at radius 2 is 1.91 bits per heavy atom. The van der Waals surface area contributed by atoms with Gasteiger partial charge in [0.2, 0.25) is 5.91 Å². The highest BCUT2D eigenvalue weighted by molar-refractivity contribution is 5.98. The fourth-order valence-electron chi connectivity index (χ4n) is 4.72. The molecule has 0 unspecified atom stereocenters. The Hall–Kier alpha value is -3.46. The number of pyridine rings is 1. The molecule has 0 aliphatic carbocycles. The van der Waals surface area contributed by atoms with E-state index in [4.69, 9.17) is 4.74 Å². The number of carbonyl (C=O) groups is 2. The number of amides is 1. The number of aromatic carboxylic acids is 1. The van der Waals surface area contributed by atoms with E-state index < -0.39 is 5.97 Å². The van der Waals surface area contributed by atoms with E-state index in [2.05, 4.69) is 15.0 Å². The summed E-state index contributed by atoms with van der Waals surface area (Å²) in [6.45, 7) is 3.99. The average molecular weight is 435 g/mol. The minimum Gasteiger partial charge on any atom is -0.477 e. The number of nitrogens with zero attached hydrogens (tertiary/aromatic N) is 5. The molecular formula is C23H25N5O4. The summed E-state index contributed by atoms with van der Waals surface area (Å²) in [5, 5.41) is 15.3. The molecule has 4 heterocycles. The van der Waals surface area contributed by atoms with Crippen LogP contribution in [-0.2, 0) is 9.53 Å². The van der Waals surface area contributed by atoms with Crippen molar-refractivity contribution in [2.75, 3.05) is 38.2 Å². The van der Waals surface area contributed by atoms with E-state index in [0.717, 1.165) is 35.3 Å². The Labute approximate surface area is 185 Å². The number of para-hydroxylation sites is 1. The van der Waals surface area contributed by atoms with Gasteiger partial charge in [0.1, 0.15) is 6.61 Å². The van der Waals surface area contributed by atoms with Crippen LogP contribution in [0, 0.1) is 6.92 Å². The van der Waals surface area contributed by atoms with E-state index >= 15 is 0 Å². The van der Waals surface area contributed by atoms with Gasteiger partial charge in [-0.15, -0.1) is 0 Å². The topological polar surface area (TPSA) is 101 Å². The molecule has 1 N–H and O–H groups in total. The van der Waals surface area contributed by atoms with Gasteiger partial charge in [0.25, 0.3) is 0 Å². The maximum atomic E-state index is 11.9. The molecule has 5 rings (SSSR count). The molecule has 1 aromatic carbocycles. The number of likely N-dealkylation sites (N-methyl/N-ethyl adjacent to an activating group) is 1. The summed E-state index contributed by atoms with van der Waals surface area (Å²) in [6.07, 6.45) is 1.51. The highest BCUT2D eigenvalue weighted by Crippen LogP contribution is 2.36. The van der Waals surface area contributed by atoms with Crippen molar-refractivity contribution < 1.29 is 19.4 Å². The third-order valence-corrected chi connectivity index (χ3v) is 6.48. The summed E-state index contributed by atoms with van der Waals surface area (Å²) in [6, 6.07) is 11.2. The first-order chi connectivity index (χ1) is 15.4. The van der Waals surface area contributed by atoms with Gasteiger partial charge < -0.3 is 19.6 Å². The number of piperidine rings is 1. The number of carboxylic acids is 1. The van der Waals surface area contributed by atoms with Gasteiger partial charge >= 0.3 is 5.97 Å². The van der Waals surface area contributed by atoms with Crippen LogP contribution in [0.1, 0.15) is 29.0 Å². The lowest BCUT2D eigenvalue weighted by Crippen LogP contribution is -2.57. The molecule has 2 aliphatic rings. The second-order valence-corrected chi connectivity index (χ2v) is 8.57. The summed E-state index contributed by atoms with van der Waals surface area (Å²) >= 11 is 0. The molecule has 0 radical (unpaired) electrons. The van der Waals surface area contributed by atoms with Crippen LogP contribution in [0.2, 0.25) is 0 Å². The summed E-state index contributed by atoms with van der Waals surface area (Å²) in [5.41, 5.74) is 2.62. The van der Waals surface area contributed by atoms with Crippen molar-refractivity contribution in [1.29, 1.82) is 0 Å². The van der Waals surface area contributed by atoms with Crippen molar-refractivity contribution in [3.8, 4) is 5.69 Å². The summed E-state index contributed by atoms with van der Waals surface area (Å²) in [4.78, 5) is 32.1. The van der Waals surface area contributed by atoms with Crippen LogP contribution in [0.15, 0.2) is 36.4 Å². The van der Waals surface area contributed by atoms with Crippen molar-refractivity contribution in [2.24, 2.45) is 0 Å². The van der Waals surface area contributed by atoms with Crippen molar-refractivity contribution in [3.63, 3.8) is 0 Å². The number of benzene rings is 1. The van der Waals surface area contributed by atoms with E-state index in [9.17, 15) is 14.7 Å². The lowest BCUT2D eigenvalue weighted by Gasteiger charge is -2.46. The first kappa shape index (κ1) is 20.4. The summed E-state index contributed by atoms with van der Waals surface area (Å²) < 4.78 is 7.67. The van der Waals surface area contributed by atoms with Crippen LogP contribution in [0.25, 0.3) is 16.7 Å². The molecule has 2 aliphatic heterocycles. The molecule has 1 spiro atoms. The average Bonchev–Trinajstić information content (AvgIpc) is 3.14. The van der Waals surface area contributed by atoms with Crippen LogP contribution < -0.4 is 4.90 Å². The lowest BCUT2D eigenvalue weighted by atomic mass is 9.89. The molecule has 1 amide bonds. The molecule has 9 heteroatoms. The van der Waals surface area contributed by atoms with Crippen molar-refractivity contribution >= 4 is 28.6 Å². The number of ether oxygens (including phenoxy) is 1. The molecule has 3 aromatic rings. The maximum Gasteiger partial charge on any atom is 0.354 e. The van der Waals surface area contributed by atoms with Gasteiger partial charge in [0.15, 0.2) is 11.3 Å². The number of carbonyl (C=O) groups excluding carboxylic acids is 1. The van der Waals surface area contributed by atoms with Gasteiger partial charge in [-0.3, -0.25) is 4.79 Å². The van der Waals surface area contributed by atoms with Crippen molar-refractivity contribution in [2.45, 2.75) is 25.4 Å². The van der Waals surface area contributed by atoms with E-state index in [1.165, 1.54) is 0 Å². The highest BCUT2D eigenvalue weighted by atomic mass is 16.5. The monoisotopic (exact) mass is 435 g/mol. The van der Waals surface area contributed by atoms with Crippen LogP contribution in [0.4, 0.5) is 5.69 Å². The zero-order valence-corrected chi connectivity index (χ0v) is 18.1. The highest BCUT2D eigenvalue weighted by Gasteiger charge is 2.41. The van der Waals surface area contributed by atoms with Crippen molar-refractivity contribution in [1.82, 2.24) is 19.7 Å². The number of hydrogen-bond donors (Lipinski definition) is 1. The number of carboxylic acid groups (broad SMARTS) is 1. The number of hydrogen-bond acceptors (Lipinski definition) is 6. The van der Waals surface area contributed by atoms with Gasteiger partial charge in [-0.05, 0) is 38.0 Å². The Bertz CT molecular complexity index is 1200. The summed E-state index contributed by atoms with van der Waals surface area (Å²) in [5.74, 6) is -1.07. The SMILES string of the molecule is Cc1nn(-c2ccccc2)c2nc(C(=O)O)cc(N3CCC4(CC3)CN(C)C(=O)CO4)c12. The molecule has 9 nitrogen and oxygen atoms in total.